The summed E-state index contributed by atoms with van der Waals surface area (Å²) in [6.45, 7) is 1.23. The van der Waals surface area contributed by atoms with Crippen molar-refractivity contribution in [2.75, 3.05) is 6.54 Å². The molecule has 1 aliphatic rings. The fourth-order valence-electron chi connectivity index (χ4n) is 3.67. The third-order valence-electron chi connectivity index (χ3n) is 5.33. The Hall–Kier alpha value is -3.01. The maximum atomic E-state index is 13.2. The molecule has 1 aliphatic carbocycles. The summed E-state index contributed by atoms with van der Waals surface area (Å²) in [5, 5.41) is 0. The highest BCUT2D eigenvalue weighted by Crippen LogP contribution is 2.48. The molecule has 3 nitrogen and oxygen atoms in total. The van der Waals surface area contributed by atoms with Crippen LogP contribution in [0.5, 0.6) is 0 Å². The van der Waals surface area contributed by atoms with Gasteiger partial charge in [-0.15, -0.1) is 0 Å². The Bertz CT molecular complexity index is 912. The highest BCUT2D eigenvalue weighted by molar-refractivity contribution is 5.83. The fraction of sp³-hybridized carbons (Fsp3) is 0.250. The van der Waals surface area contributed by atoms with Crippen LogP contribution in [0.15, 0.2) is 79.1 Å². The zero-order chi connectivity index (χ0) is 19.3. The van der Waals surface area contributed by atoms with Crippen molar-refractivity contribution in [2.45, 2.75) is 25.3 Å². The van der Waals surface area contributed by atoms with Crippen molar-refractivity contribution in [3.8, 4) is 0 Å². The summed E-state index contributed by atoms with van der Waals surface area (Å²) in [5.41, 5.74) is 3.30. The van der Waals surface area contributed by atoms with Crippen LogP contribution in [-0.4, -0.2) is 22.3 Å². The zero-order valence-corrected chi connectivity index (χ0v) is 15.7. The summed E-state index contributed by atoms with van der Waals surface area (Å²) in [7, 11) is 0. The van der Waals surface area contributed by atoms with Gasteiger partial charge in [-0.25, -0.2) is 4.39 Å². The summed E-state index contributed by atoms with van der Waals surface area (Å²) >= 11 is 0. The Morgan fingerprint density at radius 2 is 1.75 bits per heavy atom. The first-order valence-electron chi connectivity index (χ1n) is 9.68. The van der Waals surface area contributed by atoms with Crippen LogP contribution >= 0.6 is 0 Å². The van der Waals surface area contributed by atoms with E-state index in [0.717, 1.165) is 24.0 Å². The van der Waals surface area contributed by atoms with Crippen molar-refractivity contribution in [3.05, 3.63) is 102 Å². The van der Waals surface area contributed by atoms with Crippen molar-refractivity contribution in [2.24, 2.45) is 5.92 Å². The monoisotopic (exact) mass is 374 g/mol. The minimum Gasteiger partial charge on any atom is -0.338 e. The molecule has 0 aliphatic heterocycles. The molecule has 142 valence electrons. The molecule has 0 bridgehead atoms. The minimum absolute atomic E-state index is 0.0158. The normalized spacial score (nSPS) is 17.9. The van der Waals surface area contributed by atoms with E-state index >= 15 is 0 Å². The number of benzene rings is 2. The number of amides is 1. The quantitative estimate of drug-likeness (QED) is 0.606. The molecule has 0 radical (unpaired) electrons. The molecule has 1 heterocycles. The number of carbonyl (C=O) groups is 1. The molecule has 0 spiro atoms. The first-order valence-corrected chi connectivity index (χ1v) is 9.68. The number of pyridine rings is 1. The second-order valence-corrected chi connectivity index (χ2v) is 7.36. The van der Waals surface area contributed by atoms with Crippen LogP contribution in [-0.2, 0) is 17.8 Å². The average Bonchev–Trinajstić information content (AvgIpc) is 3.53. The minimum atomic E-state index is -0.242. The lowest BCUT2D eigenvalue weighted by molar-refractivity contribution is -0.133. The van der Waals surface area contributed by atoms with Crippen molar-refractivity contribution >= 4 is 5.91 Å². The second kappa shape index (κ2) is 8.34. The Labute approximate surface area is 164 Å². The predicted molar refractivity (Wildman–Crippen MR) is 107 cm³/mol. The largest absolute Gasteiger partial charge is 0.338 e. The molecule has 0 saturated heterocycles. The third-order valence-corrected chi connectivity index (χ3v) is 5.33. The average molecular weight is 374 g/mol. The number of nitrogens with zero attached hydrogens (tertiary/aromatic N) is 2. The maximum absolute atomic E-state index is 13.2. The lowest BCUT2D eigenvalue weighted by Crippen LogP contribution is -2.34. The van der Waals surface area contributed by atoms with E-state index < -0.39 is 0 Å². The van der Waals surface area contributed by atoms with Crippen molar-refractivity contribution in [1.82, 2.24) is 9.88 Å². The second-order valence-electron chi connectivity index (χ2n) is 7.36. The first kappa shape index (κ1) is 18.4. The van der Waals surface area contributed by atoms with E-state index in [-0.39, 0.29) is 23.6 Å². The topological polar surface area (TPSA) is 33.2 Å². The molecule has 4 heteroatoms. The van der Waals surface area contributed by atoms with Gasteiger partial charge >= 0.3 is 0 Å². The number of aromatic nitrogens is 1. The smallest absolute Gasteiger partial charge is 0.226 e. The molecule has 2 atom stereocenters. The molecule has 2 unspecified atom stereocenters. The van der Waals surface area contributed by atoms with Gasteiger partial charge in [-0.2, -0.15) is 0 Å². The molecule has 1 aromatic heterocycles. The lowest BCUT2D eigenvalue weighted by atomic mass is 10.1. The predicted octanol–water partition coefficient (Wildman–Crippen LogP) is 4.60. The molecule has 0 N–H and O–H groups in total. The molecule has 3 aromatic rings. The van der Waals surface area contributed by atoms with Gasteiger partial charge in [0.2, 0.25) is 5.91 Å². The number of carbonyl (C=O) groups excluding carboxylic acids is 1. The standard InChI is InChI=1S/C24H23FN2O/c25-21-10-8-20(9-11-21)22-15-23(22)24(28)27(17-19-7-4-13-26-16-19)14-12-18-5-2-1-3-6-18/h1-11,13,16,22-23H,12,14-15,17H2. The Kier molecular flexibility index (Phi) is 5.47. The van der Waals surface area contributed by atoms with Gasteiger partial charge in [0.15, 0.2) is 0 Å². The summed E-state index contributed by atoms with van der Waals surface area (Å²) in [6.07, 6.45) is 5.21. The Morgan fingerprint density at radius 1 is 1.00 bits per heavy atom. The Morgan fingerprint density at radius 3 is 2.46 bits per heavy atom. The van der Waals surface area contributed by atoms with Gasteiger partial charge in [0.25, 0.3) is 0 Å². The van der Waals surface area contributed by atoms with E-state index in [1.54, 1.807) is 18.3 Å². The molecular formula is C24H23FN2O. The van der Waals surface area contributed by atoms with Gasteiger partial charge in [-0.3, -0.25) is 9.78 Å². The summed E-state index contributed by atoms with van der Waals surface area (Å²) in [4.78, 5) is 19.3. The number of hydrogen-bond donors (Lipinski definition) is 0. The van der Waals surface area contributed by atoms with Gasteiger partial charge in [0.1, 0.15) is 5.82 Å². The van der Waals surface area contributed by atoms with Gasteiger partial charge < -0.3 is 4.90 Å². The number of rotatable bonds is 7. The van der Waals surface area contributed by atoms with Crippen LogP contribution < -0.4 is 0 Å². The third kappa shape index (κ3) is 4.45. The molecule has 1 saturated carbocycles. The van der Waals surface area contributed by atoms with E-state index in [0.29, 0.717) is 13.1 Å². The van der Waals surface area contributed by atoms with E-state index in [1.165, 1.54) is 17.7 Å². The maximum Gasteiger partial charge on any atom is 0.226 e. The van der Waals surface area contributed by atoms with Crippen LogP contribution in [0.25, 0.3) is 0 Å². The van der Waals surface area contributed by atoms with Crippen LogP contribution in [0, 0.1) is 11.7 Å². The van der Waals surface area contributed by atoms with Crippen LogP contribution in [0.1, 0.15) is 29.0 Å². The van der Waals surface area contributed by atoms with E-state index in [1.807, 2.05) is 41.4 Å². The van der Waals surface area contributed by atoms with Gasteiger partial charge in [0, 0.05) is 31.4 Å². The first-order chi connectivity index (χ1) is 13.7. The molecule has 28 heavy (non-hydrogen) atoms. The van der Waals surface area contributed by atoms with Crippen LogP contribution in [0.3, 0.4) is 0 Å². The summed E-state index contributed by atoms with van der Waals surface area (Å²) in [6, 6.07) is 20.6. The molecule has 2 aromatic carbocycles. The van der Waals surface area contributed by atoms with E-state index in [9.17, 15) is 9.18 Å². The van der Waals surface area contributed by atoms with Gasteiger partial charge in [-0.05, 0) is 53.6 Å². The van der Waals surface area contributed by atoms with Gasteiger partial charge in [-0.1, -0.05) is 48.5 Å². The van der Waals surface area contributed by atoms with E-state index in [4.69, 9.17) is 0 Å². The van der Waals surface area contributed by atoms with Crippen LogP contribution in [0.2, 0.25) is 0 Å². The van der Waals surface area contributed by atoms with Crippen molar-refractivity contribution in [1.29, 1.82) is 0 Å². The van der Waals surface area contributed by atoms with Crippen LogP contribution in [0.4, 0.5) is 4.39 Å². The highest BCUT2D eigenvalue weighted by Gasteiger charge is 2.45. The summed E-state index contributed by atoms with van der Waals surface area (Å²) < 4.78 is 13.2. The lowest BCUT2D eigenvalue weighted by Gasteiger charge is -2.23. The van der Waals surface area contributed by atoms with E-state index in [2.05, 4.69) is 17.1 Å². The SMILES string of the molecule is O=C(C1CC1c1ccc(F)cc1)N(CCc1ccccc1)Cc1cccnc1. The van der Waals surface area contributed by atoms with Crippen molar-refractivity contribution in [3.63, 3.8) is 0 Å². The molecule has 4 rings (SSSR count). The number of halogens is 1. The van der Waals surface area contributed by atoms with Crippen molar-refractivity contribution < 1.29 is 9.18 Å². The number of hydrogen-bond acceptors (Lipinski definition) is 2. The molecule has 1 fully saturated rings. The molecule has 1 amide bonds. The summed E-state index contributed by atoms with van der Waals surface area (Å²) in [5.74, 6) is 0.113. The molecular weight excluding hydrogens is 351 g/mol. The van der Waals surface area contributed by atoms with Gasteiger partial charge in [0.05, 0.1) is 0 Å². The highest BCUT2D eigenvalue weighted by atomic mass is 19.1. The Balaban J connectivity index is 1.46. The zero-order valence-electron chi connectivity index (χ0n) is 15.7. The fourth-order valence-corrected chi connectivity index (χ4v) is 3.67.